The molecule has 3 heterocycles. The first-order valence-electron chi connectivity index (χ1n) is 6.63. The molecule has 0 saturated heterocycles. The molecule has 0 aromatic carbocycles. The first-order valence-corrected chi connectivity index (χ1v) is 8.39. The van der Waals surface area contributed by atoms with Crippen LogP contribution < -0.4 is 5.32 Å². The number of aryl methyl sites for hydroxylation is 1. The van der Waals surface area contributed by atoms with E-state index in [4.69, 9.17) is 4.42 Å². The standard InChI is InChI=1S/C16H17NOS2/c1-11-5-6-15(18-11)12(2)17-9-14-8-13(10-20-14)16-4-3-7-19-16/h3-8,10,12,17H,9H2,1-2H3. The fourth-order valence-corrected chi connectivity index (χ4v) is 3.71. The Balaban J connectivity index is 1.61. The fraction of sp³-hybridized carbons (Fsp3) is 0.250. The highest BCUT2D eigenvalue weighted by Crippen LogP contribution is 2.29. The molecule has 0 fully saturated rings. The van der Waals surface area contributed by atoms with E-state index in [1.165, 1.54) is 15.3 Å². The third kappa shape index (κ3) is 3.03. The van der Waals surface area contributed by atoms with Gasteiger partial charge in [0.05, 0.1) is 6.04 Å². The molecule has 0 aliphatic heterocycles. The molecule has 3 aromatic heterocycles. The lowest BCUT2D eigenvalue weighted by atomic mass is 10.2. The summed E-state index contributed by atoms with van der Waals surface area (Å²) in [6.07, 6.45) is 0. The van der Waals surface area contributed by atoms with Gasteiger partial charge in [0.2, 0.25) is 0 Å². The van der Waals surface area contributed by atoms with Gasteiger partial charge >= 0.3 is 0 Å². The quantitative estimate of drug-likeness (QED) is 0.698. The zero-order chi connectivity index (χ0) is 13.9. The van der Waals surface area contributed by atoms with Crippen LogP contribution in [0.3, 0.4) is 0 Å². The van der Waals surface area contributed by atoms with Gasteiger partial charge in [-0.15, -0.1) is 22.7 Å². The lowest BCUT2D eigenvalue weighted by Gasteiger charge is -2.10. The first-order chi connectivity index (χ1) is 9.72. The molecule has 4 heteroatoms. The Hall–Kier alpha value is -1.36. The minimum atomic E-state index is 0.232. The van der Waals surface area contributed by atoms with Crippen molar-refractivity contribution in [3.63, 3.8) is 0 Å². The lowest BCUT2D eigenvalue weighted by Crippen LogP contribution is -2.16. The topological polar surface area (TPSA) is 25.2 Å². The summed E-state index contributed by atoms with van der Waals surface area (Å²) in [7, 11) is 0. The number of thiophene rings is 2. The van der Waals surface area contributed by atoms with Crippen LogP contribution in [0.15, 0.2) is 45.5 Å². The third-order valence-electron chi connectivity index (χ3n) is 3.23. The summed E-state index contributed by atoms with van der Waals surface area (Å²) < 4.78 is 5.64. The summed E-state index contributed by atoms with van der Waals surface area (Å²) in [5, 5.41) is 7.85. The molecule has 0 spiro atoms. The molecule has 3 rings (SSSR count). The summed E-state index contributed by atoms with van der Waals surface area (Å²) in [5.41, 5.74) is 1.32. The van der Waals surface area contributed by atoms with E-state index < -0.39 is 0 Å². The molecule has 0 radical (unpaired) electrons. The van der Waals surface area contributed by atoms with E-state index in [-0.39, 0.29) is 6.04 Å². The average Bonchev–Trinajstić information content (AvgIpc) is 3.16. The van der Waals surface area contributed by atoms with Gasteiger partial charge in [-0.2, -0.15) is 0 Å². The Morgan fingerprint density at radius 1 is 1.25 bits per heavy atom. The van der Waals surface area contributed by atoms with Gasteiger partial charge in [0.1, 0.15) is 11.5 Å². The Bertz CT molecular complexity index is 666. The zero-order valence-corrected chi connectivity index (χ0v) is 13.2. The average molecular weight is 303 g/mol. The molecular weight excluding hydrogens is 286 g/mol. The summed E-state index contributed by atoms with van der Waals surface area (Å²) in [4.78, 5) is 2.69. The largest absolute Gasteiger partial charge is 0.465 e. The van der Waals surface area contributed by atoms with Crippen molar-refractivity contribution in [3.05, 3.63) is 57.5 Å². The summed E-state index contributed by atoms with van der Waals surface area (Å²) >= 11 is 3.59. The van der Waals surface area contributed by atoms with E-state index >= 15 is 0 Å². The molecule has 1 N–H and O–H groups in total. The van der Waals surface area contributed by atoms with Crippen molar-refractivity contribution in [3.8, 4) is 10.4 Å². The minimum absolute atomic E-state index is 0.232. The molecule has 1 unspecified atom stereocenters. The van der Waals surface area contributed by atoms with Crippen LogP contribution in [0.5, 0.6) is 0 Å². The van der Waals surface area contributed by atoms with E-state index in [0.29, 0.717) is 0 Å². The van der Waals surface area contributed by atoms with Gasteiger partial charge in [-0.3, -0.25) is 0 Å². The van der Waals surface area contributed by atoms with Crippen LogP contribution in [-0.2, 0) is 6.54 Å². The van der Waals surface area contributed by atoms with E-state index in [2.05, 4.69) is 41.2 Å². The maximum Gasteiger partial charge on any atom is 0.120 e. The third-order valence-corrected chi connectivity index (χ3v) is 5.09. The number of furan rings is 1. The fourth-order valence-electron chi connectivity index (χ4n) is 2.09. The van der Waals surface area contributed by atoms with Crippen LogP contribution in [0, 0.1) is 6.92 Å². The van der Waals surface area contributed by atoms with Crippen LogP contribution in [0.1, 0.15) is 29.4 Å². The van der Waals surface area contributed by atoms with Crippen LogP contribution in [0.2, 0.25) is 0 Å². The normalized spacial score (nSPS) is 12.7. The predicted octanol–water partition coefficient (Wildman–Crippen LogP) is 5.23. The molecule has 0 saturated carbocycles. The van der Waals surface area contributed by atoms with Gasteiger partial charge in [-0.25, -0.2) is 0 Å². The van der Waals surface area contributed by atoms with Crippen molar-refractivity contribution in [1.82, 2.24) is 5.32 Å². The zero-order valence-electron chi connectivity index (χ0n) is 11.6. The Morgan fingerprint density at radius 2 is 2.15 bits per heavy atom. The maximum absolute atomic E-state index is 5.64. The molecule has 0 amide bonds. The molecule has 20 heavy (non-hydrogen) atoms. The van der Waals surface area contributed by atoms with Gasteiger partial charge in [-0.1, -0.05) is 6.07 Å². The van der Waals surface area contributed by atoms with Crippen molar-refractivity contribution in [2.75, 3.05) is 0 Å². The van der Waals surface area contributed by atoms with E-state index in [1.54, 1.807) is 22.7 Å². The Kier molecular flexibility index (Phi) is 4.05. The van der Waals surface area contributed by atoms with Gasteiger partial charge in [-0.05, 0) is 48.9 Å². The Morgan fingerprint density at radius 3 is 2.85 bits per heavy atom. The highest BCUT2D eigenvalue weighted by Gasteiger charge is 2.10. The molecule has 0 aliphatic rings. The highest BCUT2D eigenvalue weighted by molar-refractivity contribution is 7.14. The molecule has 104 valence electrons. The van der Waals surface area contributed by atoms with Crippen molar-refractivity contribution in [1.29, 1.82) is 0 Å². The van der Waals surface area contributed by atoms with Gasteiger partial charge in [0, 0.05) is 21.9 Å². The van der Waals surface area contributed by atoms with Crippen molar-refractivity contribution < 1.29 is 4.42 Å². The smallest absolute Gasteiger partial charge is 0.120 e. The maximum atomic E-state index is 5.64. The SMILES string of the molecule is Cc1ccc(C(C)NCc2cc(-c3cccs3)cs2)o1. The second-order valence-electron chi connectivity index (χ2n) is 4.83. The second kappa shape index (κ2) is 5.95. The van der Waals surface area contributed by atoms with Crippen molar-refractivity contribution >= 4 is 22.7 Å². The summed E-state index contributed by atoms with van der Waals surface area (Å²) in [5.74, 6) is 1.96. The predicted molar refractivity (Wildman–Crippen MR) is 86.3 cm³/mol. The summed E-state index contributed by atoms with van der Waals surface area (Å²) in [6, 6.07) is 10.8. The molecule has 3 aromatic rings. The summed E-state index contributed by atoms with van der Waals surface area (Å²) in [6.45, 7) is 4.98. The van der Waals surface area contributed by atoms with Crippen LogP contribution in [-0.4, -0.2) is 0 Å². The second-order valence-corrected chi connectivity index (χ2v) is 6.77. The molecular formula is C16H17NOS2. The monoisotopic (exact) mass is 303 g/mol. The number of hydrogen-bond acceptors (Lipinski definition) is 4. The first kappa shape index (κ1) is 13.6. The molecule has 2 nitrogen and oxygen atoms in total. The van der Waals surface area contributed by atoms with E-state index in [9.17, 15) is 0 Å². The van der Waals surface area contributed by atoms with Crippen molar-refractivity contribution in [2.24, 2.45) is 0 Å². The van der Waals surface area contributed by atoms with E-state index in [1.807, 2.05) is 19.1 Å². The van der Waals surface area contributed by atoms with Crippen LogP contribution >= 0.6 is 22.7 Å². The van der Waals surface area contributed by atoms with Gasteiger partial charge in [0.15, 0.2) is 0 Å². The van der Waals surface area contributed by atoms with Gasteiger partial charge in [0.25, 0.3) is 0 Å². The lowest BCUT2D eigenvalue weighted by molar-refractivity contribution is 0.416. The van der Waals surface area contributed by atoms with Crippen LogP contribution in [0.4, 0.5) is 0 Å². The highest BCUT2D eigenvalue weighted by atomic mass is 32.1. The molecule has 0 aliphatic carbocycles. The Labute approximate surface area is 127 Å². The van der Waals surface area contributed by atoms with Gasteiger partial charge < -0.3 is 9.73 Å². The molecule has 0 bridgehead atoms. The van der Waals surface area contributed by atoms with E-state index in [0.717, 1.165) is 18.1 Å². The number of hydrogen-bond donors (Lipinski definition) is 1. The van der Waals surface area contributed by atoms with Crippen molar-refractivity contribution in [2.45, 2.75) is 26.4 Å². The number of nitrogens with one attached hydrogen (secondary N) is 1. The number of rotatable bonds is 5. The van der Waals surface area contributed by atoms with Crippen LogP contribution in [0.25, 0.3) is 10.4 Å². The molecule has 1 atom stereocenters. The minimum Gasteiger partial charge on any atom is -0.465 e.